The largest absolute Gasteiger partial charge is 1.00 e. The molecule has 0 heterocycles. The van der Waals surface area contributed by atoms with Crippen LogP contribution >= 0.6 is 0 Å². The van der Waals surface area contributed by atoms with Crippen LogP contribution in [0.25, 0.3) is 0 Å². The summed E-state index contributed by atoms with van der Waals surface area (Å²) in [5.41, 5.74) is 0. The van der Waals surface area contributed by atoms with Gasteiger partial charge in [-0.2, -0.15) is 0 Å². The van der Waals surface area contributed by atoms with Gasteiger partial charge in [0.2, 0.25) is 0 Å². The molecule has 4 nitrogen and oxygen atoms in total. The summed E-state index contributed by atoms with van der Waals surface area (Å²) in [7, 11) is -4.30. The van der Waals surface area contributed by atoms with E-state index in [1.54, 1.807) is 0 Å². The summed E-state index contributed by atoms with van der Waals surface area (Å²) in [5.74, 6) is 0. The van der Waals surface area contributed by atoms with E-state index in [2.05, 4.69) is 6.92 Å². The molecule has 2 atom stereocenters. The van der Waals surface area contributed by atoms with Crippen LogP contribution in [-0.2, 0) is 10.1 Å². The van der Waals surface area contributed by atoms with Gasteiger partial charge in [0.1, 0.15) is 0 Å². The molecule has 0 aliphatic heterocycles. The Morgan fingerprint density at radius 2 is 1.30 bits per heavy atom. The molecule has 0 aromatic rings. The molecule has 1 N–H and O–H groups in total. The van der Waals surface area contributed by atoms with Crippen LogP contribution in [0.3, 0.4) is 0 Å². The third-order valence-corrected chi connectivity index (χ3v) is 5.46. The van der Waals surface area contributed by atoms with Gasteiger partial charge in [-0.05, 0) is 19.3 Å². The molecule has 0 saturated heterocycles. The number of hydrogen-bond acceptors (Lipinski definition) is 4. The summed E-state index contributed by atoms with van der Waals surface area (Å²) in [6.45, 7) is 4.22. The van der Waals surface area contributed by atoms with E-state index in [4.69, 9.17) is 0 Å². The van der Waals surface area contributed by atoms with Gasteiger partial charge < -0.3 is 9.66 Å². The second-order valence-corrected chi connectivity index (χ2v) is 8.06. The number of aliphatic hydroxyl groups is 1. The fraction of sp³-hybridized carbons (Fsp3) is 1.00. The quantitative estimate of drug-likeness (QED) is 0.272. The van der Waals surface area contributed by atoms with E-state index in [-0.39, 0.29) is 36.0 Å². The predicted octanol–water partition coefficient (Wildman–Crippen LogP) is 1.38. The Bertz CT molecular complexity index is 347. The van der Waals surface area contributed by atoms with Crippen LogP contribution in [0.1, 0.15) is 97.3 Å². The van der Waals surface area contributed by atoms with Crippen molar-refractivity contribution in [2.45, 2.75) is 109 Å². The molecule has 6 heteroatoms. The SMILES string of the molecule is CCCCCCCCCCC(CC(O)CCCC)S(=O)(=O)[O-].[Na+]. The Hall–Kier alpha value is 0.870. The van der Waals surface area contributed by atoms with Crippen LogP contribution in [0.2, 0.25) is 0 Å². The van der Waals surface area contributed by atoms with Crippen LogP contribution in [0.15, 0.2) is 0 Å². The zero-order valence-corrected chi connectivity index (χ0v) is 18.2. The van der Waals surface area contributed by atoms with Gasteiger partial charge in [0.25, 0.3) is 0 Å². The first-order valence-corrected chi connectivity index (χ1v) is 10.5. The molecule has 134 valence electrons. The van der Waals surface area contributed by atoms with Gasteiger partial charge in [0, 0.05) is 0 Å². The van der Waals surface area contributed by atoms with E-state index in [0.29, 0.717) is 12.8 Å². The standard InChI is InChI=1S/C17H36O4S.Na/c1-3-5-7-8-9-10-11-12-14-17(22(19,20)21)15-16(18)13-6-4-2;/h16-18H,3-15H2,1-2H3,(H,19,20,21);/q;+1/p-1. The van der Waals surface area contributed by atoms with E-state index in [1.807, 2.05) is 6.92 Å². The maximum atomic E-state index is 11.3. The van der Waals surface area contributed by atoms with Gasteiger partial charge in [-0.15, -0.1) is 0 Å². The van der Waals surface area contributed by atoms with E-state index >= 15 is 0 Å². The van der Waals surface area contributed by atoms with E-state index in [9.17, 15) is 18.1 Å². The van der Waals surface area contributed by atoms with Crippen LogP contribution < -0.4 is 29.6 Å². The van der Waals surface area contributed by atoms with E-state index in [0.717, 1.165) is 32.1 Å². The molecule has 0 rings (SSSR count). The van der Waals surface area contributed by atoms with Gasteiger partial charge in [0.05, 0.1) is 21.5 Å². The van der Waals surface area contributed by atoms with Crippen molar-refractivity contribution < 1.29 is 47.6 Å². The normalized spacial score (nSPS) is 14.3. The fourth-order valence-electron chi connectivity index (χ4n) is 2.75. The van der Waals surface area contributed by atoms with Gasteiger partial charge in [0.15, 0.2) is 0 Å². The molecule has 2 unspecified atom stereocenters. The average molecular weight is 359 g/mol. The van der Waals surface area contributed by atoms with E-state index < -0.39 is 21.5 Å². The molecule has 0 radical (unpaired) electrons. The smallest absolute Gasteiger partial charge is 0.748 e. The Balaban J connectivity index is 0. The van der Waals surface area contributed by atoms with Gasteiger partial charge >= 0.3 is 29.6 Å². The Labute approximate surface area is 165 Å². The molecular weight excluding hydrogens is 323 g/mol. The minimum atomic E-state index is -4.30. The van der Waals surface area contributed by atoms with Crippen molar-refractivity contribution in [1.82, 2.24) is 0 Å². The number of unbranched alkanes of at least 4 members (excludes halogenated alkanes) is 8. The van der Waals surface area contributed by atoms with Crippen LogP contribution in [0.4, 0.5) is 0 Å². The molecule has 0 aromatic heterocycles. The molecule has 0 amide bonds. The monoisotopic (exact) mass is 358 g/mol. The molecular formula is C17H35NaO4S. The first kappa shape index (κ1) is 26.1. The van der Waals surface area contributed by atoms with E-state index in [1.165, 1.54) is 32.1 Å². The van der Waals surface area contributed by atoms with Crippen molar-refractivity contribution in [2.24, 2.45) is 0 Å². The molecule has 0 saturated carbocycles. The van der Waals surface area contributed by atoms with Crippen molar-refractivity contribution >= 4 is 10.1 Å². The number of hydrogen-bond donors (Lipinski definition) is 1. The minimum absolute atomic E-state index is 0. The van der Waals surface area contributed by atoms with Crippen molar-refractivity contribution in [3.05, 3.63) is 0 Å². The third-order valence-electron chi connectivity index (χ3n) is 4.21. The summed E-state index contributed by atoms with van der Waals surface area (Å²) < 4.78 is 33.9. The summed E-state index contributed by atoms with van der Waals surface area (Å²) in [6, 6.07) is 0. The van der Waals surface area contributed by atoms with Crippen LogP contribution in [-0.4, -0.2) is 29.4 Å². The van der Waals surface area contributed by atoms with Crippen molar-refractivity contribution in [1.29, 1.82) is 0 Å². The third kappa shape index (κ3) is 16.1. The van der Waals surface area contributed by atoms with Crippen molar-refractivity contribution in [3.63, 3.8) is 0 Å². The average Bonchev–Trinajstić information content (AvgIpc) is 2.45. The number of rotatable bonds is 15. The molecule has 0 aliphatic rings. The molecule has 23 heavy (non-hydrogen) atoms. The zero-order valence-electron chi connectivity index (χ0n) is 15.4. The number of aliphatic hydroxyl groups excluding tert-OH is 1. The van der Waals surface area contributed by atoms with Crippen molar-refractivity contribution in [2.75, 3.05) is 0 Å². The summed E-state index contributed by atoms with van der Waals surface area (Å²) in [4.78, 5) is 0. The Morgan fingerprint density at radius 1 is 0.826 bits per heavy atom. The molecule has 0 aromatic carbocycles. The Kier molecular flexibility index (Phi) is 18.5. The predicted molar refractivity (Wildman–Crippen MR) is 90.9 cm³/mol. The minimum Gasteiger partial charge on any atom is -0.748 e. The first-order chi connectivity index (χ1) is 10.4. The summed E-state index contributed by atoms with van der Waals surface area (Å²) in [6.07, 6.45) is 11.3. The topological polar surface area (TPSA) is 77.4 Å². The van der Waals surface area contributed by atoms with Gasteiger partial charge in [-0.1, -0.05) is 78.1 Å². The molecule has 0 spiro atoms. The van der Waals surface area contributed by atoms with Crippen LogP contribution in [0, 0.1) is 0 Å². The molecule has 0 fully saturated rings. The fourth-order valence-corrected chi connectivity index (χ4v) is 3.66. The first-order valence-electron chi connectivity index (χ1n) is 9.04. The summed E-state index contributed by atoms with van der Waals surface area (Å²) in [5, 5.41) is 8.92. The molecule has 0 bridgehead atoms. The van der Waals surface area contributed by atoms with Crippen LogP contribution in [0.5, 0.6) is 0 Å². The van der Waals surface area contributed by atoms with Gasteiger partial charge in [-0.3, -0.25) is 0 Å². The maximum absolute atomic E-state index is 11.3. The molecule has 0 aliphatic carbocycles. The summed E-state index contributed by atoms with van der Waals surface area (Å²) >= 11 is 0. The second-order valence-electron chi connectivity index (χ2n) is 6.41. The Morgan fingerprint density at radius 3 is 1.78 bits per heavy atom. The van der Waals surface area contributed by atoms with Gasteiger partial charge in [-0.25, -0.2) is 8.42 Å². The maximum Gasteiger partial charge on any atom is 1.00 e. The van der Waals surface area contributed by atoms with Crippen molar-refractivity contribution in [3.8, 4) is 0 Å². The second kappa shape index (κ2) is 16.3. The zero-order chi connectivity index (χ0) is 16.8.